The Balaban J connectivity index is 0.00000200. The van der Waals surface area contributed by atoms with Crippen molar-refractivity contribution in [1.82, 2.24) is 10.2 Å². The Kier molecular flexibility index (Phi) is 6.96. The summed E-state index contributed by atoms with van der Waals surface area (Å²) in [7, 11) is 1.74. The van der Waals surface area contributed by atoms with Crippen molar-refractivity contribution in [3.05, 3.63) is 35.6 Å². The second kappa shape index (κ2) is 8.22. The van der Waals surface area contributed by atoms with Gasteiger partial charge in [-0.1, -0.05) is 18.2 Å². The molecule has 1 heterocycles. The van der Waals surface area contributed by atoms with E-state index >= 15 is 0 Å². The van der Waals surface area contributed by atoms with Gasteiger partial charge < -0.3 is 10.2 Å². The lowest BCUT2D eigenvalue weighted by Crippen LogP contribution is -2.27. The molecular weight excluding hydrogens is 279 g/mol. The molecule has 0 radical (unpaired) electrons. The van der Waals surface area contributed by atoms with Gasteiger partial charge in [-0.25, -0.2) is 4.39 Å². The van der Waals surface area contributed by atoms with E-state index < -0.39 is 0 Å². The molecule has 1 aliphatic rings. The van der Waals surface area contributed by atoms with Gasteiger partial charge in [0.25, 0.3) is 0 Å². The maximum Gasteiger partial charge on any atom is 0.222 e. The van der Waals surface area contributed by atoms with Crippen molar-refractivity contribution in [1.29, 1.82) is 0 Å². The SMILES string of the molecule is CN(Cc1ccccc1F)C(=O)CCC1CCNC1.Cl. The highest BCUT2D eigenvalue weighted by molar-refractivity contribution is 5.85. The minimum atomic E-state index is -0.248. The van der Waals surface area contributed by atoms with E-state index in [1.807, 2.05) is 0 Å². The number of rotatable bonds is 5. The summed E-state index contributed by atoms with van der Waals surface area (Å²) in [6.07, 6.45) is 2.63. The molecule has 0 aromatic heterocycles. The van der Waals surface area contributed by atoms with E-state index in [-0.39, 0.29) is 24.1 Å². The van der Waals surface area contributed by atoms with E-state index in [9.17, 15) is 9.18 Å². The van der Waals surface area contributed by atoms with Gasteiger partial charge >= 0.3 is 0 Å². The first-order valence-corrected chi connectivity index (χ1v) is 6.85. The standard InChI is InChI=1S/C15H21FN2O.ClH/c1-18(11-13-4-2-3-5-14(13)16)15(19)7-6-12-8-9-17-10-12;/h2-5,12,17H,6-11H2,1H3;1H. The third-order valence-electron chi connectivity index (χ3n) is 3.72. The van der Waals surface area contributed by atoms with E-state index in [2.05, 4.69) is 5.32 Å². The van der Waals surface area contributed by atoms with Gasteiger partial charge in [0.05, 0.1) is 0 Å². The second-order valence-electron chi connectivity index (χ2n) is 5.24. The third-order valence-corrected chi connectivity index (χ3v) is 3.72. The molecule has 1 N–H and O–H groups in total. The van der Waals surface area contributed by atoms with Crippen LogP contribution in [0.4, 0.5) is 4.39 Å². The molecule has 0 saturated carbocycles. The molecule has 1 aliphatic heterocycles. The summed E-state index contributed by atoms with van der Waals surface area (Å²) in [4.78, 5) is 13.6. The van der Waals surface area contributed by atoms with Gasteiger partial charge in [0.1, 0.15) is 5.82 Å². The highest BCUT2D eigenvalue weighted by Gasteiger charge is 2.17. The molecular formula is C15H22ClFN2O. The molecule has 20 heavy (non-hydrogen) atoms. The van der Waals surface area contributed by atoms with Crippen molar-refractivity contribution >= 4 is 18.3 Å². The maximum absolute atomic E-state index is 13.5. The highest BCUT2D eigenvalue weighted by atomic mass is 35.5. The predicted octanol–water partition coefficient (Wildman–Crippen LogP) is 2.60. The quantitative estimate of drug-likeness (QED) is 0.906. The van der Waals surface area contributed by atoms with Crippen LogP contribution in [-0.4, -0.2) is 30.9 Å². The second-order valence-corrected chi connectivity index (χ2v) is 5.24. The summed E-state index contributed by atoms with van der Waals surface area (Å²) in [6.45, 7) is 2.42. The fourth-order valence-electron chi connectivity index (χ4n) is 2.45. The third kappa shape index (κ3) is 4.76. The normalized spacial score (nSPS) is 17.6. The van der Waals surface area contributed by atoms with Crippen molar-refractivity contribution < 1.29 is 9.18 Å². The summed E-state index contributed by atoms with van der Waals surface area (Å²) in [5, 5.41) is 3.30. The summed E-state index contributed by atoms with van der Waals surface area (Å²) < 4.78 is 13.5. The Morgan fingerprint density at radius 3 is 2.85 bits per heavy atom. The molecule has 5 heteroatoms. The molecule has 1 fully saturated rings. The minimum absolute atomic E-state index is 0. The van der Waals surface area contributed by atoms with Crippen molar-refractivity contribution in [2.24, 2.45) is 5.92 Å². The monoisotopic (exact) mass is 300 g/mol. The number of benzene rings is 1. The van der Waals surface area contributed by atoms with Crippen molar-refractivity contribution in [2.45, 2.75) is 25.8 Å². The van der Waals surface area contributed by atoms with Crippen LogP contribution in [0.5, 0.6) is 0 Å². The van der Waals surface area contributed by atoms with Crippen molar-refractivity contribution in [2.75, 3.05) is 20.1 Å². The molecule has 1 aromatic rings. The van der Waals surface area contributed by atoms with E-state index in [0.717, 1.165) is 25.9 Å². The van der Waals surface area contributed by atoms with Gasteiger partial charge in [-0.3, -0.25) is 4.79 Å². The fourth-order valence-corrected chi connectivity index (χ4v) is 2.45. The van der Waals surface area contributed by atoms with Gasteiger partial charge in [0.15, 0.2) is 0 Å². The van der Waals surface area contributed by atoms with Crippen LogP contribution in [0, 0.1) is 11.7 Å². The molecule has 1 saturated heterocycles. The van der Waals surface area contributed by atoms with E-state index in [4.69, 9.17) is 0 Å². The first-order chi connectivity index (χ1) is 9.16. The lowest BCUT2D eigenvalue weighted by Gasteiger charge is -2.18. The van der Waals surface area contributed by atoms with Crippen molar-refractivity contribution in [3.8, 4) is 0 Å². The summed E-state index contributed by atoms with van der Waals surface area (Å²) in [6, 6.07) is 6.60. The molecule has 112 valence electrons. The number of amides is 1. The molecule has 1 amide bonds. The summed E-state index contributed by atoms with van der Waals surface area (Å²) in [5.74, 6) is 0.461. The van der Waals surface area contributed by atoms with Crippen LogP contribution < -0.4 is 5.32 Å². The van der Waals surface area contributed by atoms with Crippen LogP contribution in [0.1, 0.15) is 24.8 Å². The first-order valence-electron chi connectivity index (χ1n) is 6.85. The zero-order valence-electron chi connectivity index (χ0n) is 11.8. The Morgan fingerprint density at radius 1 is 1.45 bits per heavy atom. The molecule has 1 unspecified atom stereocenters. The van der Waals surface area contributed by atoms with Crippen LogP contribution in [0.25, 0.3) is 0 Å². The topological polar surface area (TPSA) is 32.3 Å². The number of hydrogen-bond donors (Lipinski definition) is 1. The largest absolute Gasteiger partial charge is 0.341 e. The number of carbonyl (C=O) groups is 1. The van der Waals surface area contributed by atoms with Crippen LogP contribution in [0.2, 0.25) is 0 Å². The Labute approximate surface area is 125 Å². The molecule has 3 nitrogen and oxygen atoms in total. The van der Waals surface area contributed by atoms with Gasteiger partial charge in [0, 0.05) is 25.6 Å². The number of hydrogen-bond acceptors (Lipinski definition) is 2. The van der Waals surface area contributed by atoms with Crippen LogP contribution in [0.15, 0.2) is 24.3 Å². The molecule has 0 bridgehead atoms. The Hall–Kier alpha value is -1.13. The molecule has 1 atom stereocenters. The van der Waals surface area contributed by atoms with Gasteiger partial charge in [-0.2, -0.15) is 0 Å². The highest BCUT2D eigenvalue weighted by Crippen LogP contribution is 2.16. The molecule has 0 spiro atoms. The summed E-state index contributed by atoms with van der Waals surface area (Å²) in [5.41, 5.74) is 0.570. The van der Waals surface area contributed by atoms with Crippen LogP contribution in [-0.2, 0) is 11.3 Å². The number of carbonyl (C=O) groups excluding carboxylic acids is 1. The lowest BCUT2D eigenvalue weighted by atomic mass is 10.0. The number of halogens is 2. The van der Waals surface area contributed by atoms with Crippen LogP contribution in [0.3, 0.4) is 0 Å². The van der Waals surface area contributed by atoms with E-state index in [1.165, 1.54) is 6.07 Å². The lowest BCUT2D eigenvalue weighted by molar-refractivity contribution is -0.130. The molecule has 0 aliphatic carbocycles. The smallest absolute Gasteiger partial charge is 0.222 e. The van der Waals surface area contributed by atoms with Gasteiger partial charge in [0.2, 0.25) is 5.91 Å². The Bertz CT molecular complexity index is 436. The Morgan fingerprint density at radius 2 is 2.20 bits per heavy atom. The number of nitrogens with zero attached hydrogens (tertiary/aromatic N) is 1. The van der Waals surface area contributed by atoms with E-state index in [0.29, 0.717) is 24.4 Å². The van der Waals surface area contributed by atoms with E-state index in [1.54, 1.807) is 30.1 Å². The van der Waals surface area contributed by atoms with Gasteiger partial charge in [-0.05, 0) is 37.9 Å². The van der Waals surface area contributed by atoms with Crippen molar-refractivity contribution in [3.63, 3.8) is 0 Å². The molecule has 1 aromatic carbocycles. The number of nitrogens with one attached hydrogen (secondary N) is 1. The fraction of sp³-hybridized carbons (Fsp3) is 0.533. The van der Waals surface area contributed by atoms with Crippen LogP contribution >= 0.6 is 12.4 Å². The summed E-state index contributed by atoms with van der Waals surface area (Å²) >= 11 is 0. The maximum atomic E-state index is 13.5. The minimum Gasteiger partial charge on any atom is -0.341 e. The van der Waals surface area contributed by atoms with Gasteiger partial charge in [-0.15, -0.1) is 12.4 Å². The predicted molar refractivity (Wildman–Crippen MR) is 80.3 cm³/mol. The average Bonchev–Trinajstić information content (AvgIpc) is 2.91. The zero-order chi connectivity index (χ0) is 13.7. The molecule has 2 rings (SSSR count). The first kappa shape index (κ1) is 16.9. The zero-order valence-corrected chi connectivity index (χ0v) is 12.6. The average molecular weight is 301 g/mol.